The molecule has 0 aliphatic heterocycles. The van der Waals surface area contributed by atoms with Crippen LogP contribution in [-0.2, 0) is 4.43 Å². The van der Waals surface area contributed by atoms with Crippen LogP contribution < -0.4 is 0 Å². The Kier molecular flexibility index (Phi) is 4.07. The summed E-state index contributed by atoms with van der Waals surface area (Å²) in [5, 5.41) is 9.33. The fraction of sp³-hybridized carbons (Fsp3) is 0.538. The van der Waals surface area contributed by atoms with Crippen LogP contribution in [0.15, 0.2) is 24.5 Å². The van der Waals surface area contributed by atoms with Gasteiger partial charge in [0.15, 0.2) is 14.4 Å². The molecule has 1 atom stereocenters. The summed E-state index contributed by atoms with van der Waals surface area (Å²) in [7, 11) is -1.92. The van der Waals surface area contributed by atoms with Crippen LogP contribution in [0.5, 0.6) is 0 Å². The molecule has 1 unspecified atom stereocenters. The maximum absolute atomic E-state index is 9.23. The lowest BCUT2D eigenvalue weighted by Crippen LogP contribution is -2.41. The molecule has 4 heteroatoms. The quantitative estimate of drug-likeness (QED) is 0.767. The van der Waals surface area contributed by atoms with Crippen molar-refractivity contribution in [2.75, 3.05) is 0 Å². The van der Waals surface area contributed by atoms with Crippen molar-refractivity contribution in [3.05, 3.63) is 30.1 Å². The molecule has 17 heavy (non-hydrogen) atoms. The van der Waals surface area contributed by atoms with Gasteiger partial charge in [-0.3, -0.25) is 4.98 Å². The Morgan fingerprint density at radius 1 is 1.41 bits per heavy atom. The van der Waals surface area contributed by atoms with E-state index >= 15 is 0 Å². The highest BCUT2D eigenvalue weighted by atomic mass is 28.4. The van der Waals surface area contributed by atoms with Crippen LogP contribution in [0.25, 0.3) is 0 Å². The summed E-state index contributed by atoms with van der Waals surface area (Å²) in [6, 6.07) is 5.93. The van der Waals surface area contributed by atoms with E-state index in [2.05, 4.69) is 44.9 Å². The minimum atomic E-state index is -1.92. The van der Waals surface area contributed by atoms with E-state index in [1.165, 1.54) is 0 Å². The van der Waals surface area contributed by atoms with E-state index in [0.717, 1.165) is 5.56 Å². The van der Waals surface area contributed by atoms with E-state index in [0.29, 0.717) is 0 Å². The molecule has 0 amide bonds. The largest absolute Gasteiger partial charge is 0.398 e. The zero-order chi connectivity index (χ0) is 13.1. The van der Waals surface area contributed by atoms with Crippen LogP contribution in [0.4, 0.5) is 0 Å². The van der Waals surface area contributed by atoms with Crippen LogP contribution in [0, 0.1) is 11.3 Å². The molecule has 0 saturated heterocycles. The average Bonchev–Trinajstić information content (AvgIpc) is 2.25. The molecule has 3 nitrogen and oxygen atoms in total. The van der Waals surface area contributed by atoms with Crippen molar-refractivity contribution in [3.8, 4) is 6.07 Å². The van der Waals surface area contributed by atoms with Gasteiger partial charge in [0, 0.05) is 18.0 Å². The molecule has 0 radical (unpaired) electrons. The van der Waals surface area contributed by atoms with Crippen LogP contribution in [0.3, 0.4) is 0 Å². The van der Waals surface area contributed by atoms with Crippen molar-refractivity contribution in [2.45, 2.75) is 45.0 Å². The molecule has 0 aromatic carbocycles. The third kappa shape index (κ3) is 3.38. The van der Waals surface area contributed by atoms with E-state index in [-0.39, 0.29) is 5.04 Å². The van der Waals surface area contributed by atoms with Gasteiger partial charge in [-0.2, -0.15) is 5.26 Å². The molecule has 1 rings (SSSR count). The van der Waals surface area contributed by atoms with E-state index in [9.17, 15) is 5.26 Å². The number of aromatic nitrogens is 1. The fourth-order valence-corrected chi connectivity index (χ4v) is 2.30. The van der Waals surface area contributed by atoms with Crippen LogP contribution >= 0.6 is 0 Å². The zero-order valence-electron chi connectivity index (χ0n) is 11.2. The number of nitriles is 1. The molecule has 0 saturated carbocycles. The van der Waals surface area contributed by atoms with Crippen molar-refractivity contribution < 1.29 is 4.43 Å². The summed E-state index contributed by atoms with van der Waals surface area (Å²) in [4.78, 5) is 4.03. The van der Waals surface area contributed by atoms with Crippen molar-refractivity contribution in [1.82, 2.24) is 4.98 Å². The predicted molar refractivity (Wildman–Crippen MR) is 70.9 cm³/mol. The summed E-state index contributed by atoms with van der Waals surface area (Å²) in [6.45, 7) is 10.8. The minimum absolute atomic E-state index is 0.101. The maximum Gasteiger partial charge on any atom is 0.194 e. The molecule has 0 fully saturated rings. The van der Waals surface area contributed by atoms with E-state index in [1.807, 2.05) is 12.1 Å². The van der Waals surface area contributed by atoms with Crippen molar-refractivity contribution in [1.29, 1.82) is 5.26 Å². The Bertz CT molecular complexity index is 404. The summed E-state index contributed by atoms with van der Waals surface area (Å²) >= 11 is 0. The van der Waals surface area contributed by atoms with Crippen LogP contribution in [0.2, 0.25) is 18.1 Å². The zero-order valence-corrected chi connectivity index (χ0v) is 12.2. The average molecular weight is 248 g/mol. The smallest absolute Gasteiger partial charge is 0.194 e. The molecule has 1 heterocycles. The predicted octanol–water partition coefficient (Wildman–Crippen LogP) is 3.67. The molecule has 0 N–H and O–H groups in total. The van der Waals surface area contributed by atoms with E-state index in [4.69, 9.17) is 4.43 Å². The number of hydrogen-bond donors (Lipinski definition) is 0. The monoisotopic (exact) mass is 248 g/mol. The first-order valence-electron chi connectivity index (χ1n) is 5.75. The summed E-state index contributed by atoms with van der Waals surface area (Å²) in [5.41, 5.74) is 0.833. The second kappa shape index (κ2) is 4.99. The molecule has 0 spiro atoms. The fourth-order valence-electron chi connectivity index (χ4n) is 1.17. The summed E-state index contributed by atoms with van der Waals surface area (Å²) < 4.78 is 6.08. The maximum atomic E-state index is 9.23. The molecule has 0 aliphatic carbocycles. The number of hydrogen-bond acceptors (Lipinski definition) is 3. The second-order valence-corrected chi connectivity index (χ2v) is 10.4. The highest BCUT2D eigenvalue weighted by molar-refractivity contribution is 6.74. The summed E-state index contributed by atoms with van der Waals surface area (Å²) in [5.74, 6) is 0. The number of pyridine rings is 1. The third-order valence-electron chi connectivity index (χ3n) is 3.32. The Balaban J connectivity index is 2.90. The van der Waals surface area contributed by atoms with Gasteiger partial charge < -0.3 is 4.43 Å². The molecule has 1 aromatic rings. The molecule has 1 aromatic heterocycles. The first-order chi connectivity index (χ1) is 7.78. The van der Waals surface area contributed by atoms with Gasteiger partial charge in [-0.05, 0) is 24.2 Å². The van der Waals surface area contributed by atoms with Gasteiger partial charge in [0.25, 0.3) is 0 Å². The lowest BCUT2D eigenvalue weighted by molar-refractivity contribution is 0.235. The molecular weight excluding hydrogens is 228 g/mol. The van der Waals surface area contributed by atoms with Crippen LogP contribution in [0.1, 0.15) is 32.4 Å². The highest BCUT2D eigenvalue weighted by Crippen LogP contribution is 2.39. The number of nitrogens with zero attached hydrogens (tertiary/aromatic N) is 2. The van der Waals surface area contributed by atoms with Gasteiger partial charge in [0.05, 0.1) is 6.07 Å². The first-order valence-corrected chi connectivity index (χ1v) is 8.66. The van der Waals surface area contributed by atoms with E-state index < -0.39 is 14.4 Å². The highest BCUT2D eigenvalue weighted by Gasteiger charge is 2.39. The van der Waals surface area contributed by atoms with E-state index in [1.54, 1.807) is 12.4 Å². The Morgan fingerprint density at radius 3 is 2.47 bits per heavy atom. The SMILES string of the molecule is CC(C)(C)[Si](C)(C)OC(C#N)c1cccnc1. The summed E-state index contributed by atoms with van der Waals surface area (Å²) in [6.07, 6.45) is 2.88. The Labute approximate surface area is 105 Å². The standard InChI is InChI=1S/C13H20N2OSi/c1-13(2,3)17(4,5)16-12(9-14)11-7-6-8-15-10-11/h6-8,10,12H,1-5H3. The topological polar surface area (TPSA) is 45.9 Å². The third-order valence-corrected chi connectivity index (χ3v) is 7.76. The number of rotatable bonds is 3. The Morgan fingerprint density at radius 2 is 2.06 bits per heavy atom. The van der Waals surface area contributed by atoms with Crippen molar-refractivity contribution in [2.24, 2.45) is 0 Å². The second-order valence-electron chi connectivity index (χ2n) is 5.67. The van der Waals surface area contributed by atoms with Crippen molar-refractivity contribution >= 4 is 8.32 Å². The van der Waals surface area contributed by atoms with Gasteiger partial charge >= 0.3 is 0 Å². The Hall–Kier alpha value is -1.18. The lowest BCUT2D eigenvalue weighted by Gasteiger charge is -2.37. The van der Waals surface area contributed by atoms with Gasteiger partial charge in [0.1, 0.15) is 0 Å². The van der Waals surface area contributed by atoms with Gasteiger partial charge in [-0.1, -0.05) is 26.8 Å². The molecule has 0 bridgehead atoms. The first kappa shape index (κ1) is 13.9. The normalized spacial score (nSPS) is 14.1. The van der Waals surface area contributed by atoms with Gasteiger partial charge in [0.2, 0.25) is 0 Å². The van der Waals surface area contributed by atoms with Gasteiger partial charge in [-0.25, -0.2) is 0 Å². The van der Waals surface area contributed by atoms with Crippen LogP contribution in [-0.4, -0.2) is 13.3 Å². The lowest BCUT2D eigenvalue weighted by atomic mass is 10.2. The minimum Gasteiger partial charge on any atom is -0.398 e. The molecule has 0 aliphatic rings. The van der Waals surface area contributed by atoms with Gasteiger partial charge in [-0.15, -0.1) is 0 Å². The van der Waals surface area contributed by atoms with Crippen molar-refractivity contribution in [3.63, 3.8) is 0 Å². The molecular formula is C13H20N2OSi. The molecule has 92 valence electrons.